The molecular weight excluding hydrogens is 356 g/mol. The summed E-state index contributed by atoms with van der Waals surface area (Å²) in [6.07, 6.45) is 2.09. The Morgan fingerprint density at radius 2 is 1.89 bits per heavy atom. The van der Waals surface area contributed by atoms with E-state index in [9.17, 15) is 5.11 Å². The summed E-state index contributed by atoms with van der Waals surface area (Å²) >= 11 is 1.69. The minimum Gasteiger partial charge on any atom is -0.390 e. The van der Waals surface area contributed by atoms with E-state index in [1.165, 1.54) is 5.56 Å². The molecule has 0 saturated heterocycles. The van der Waals surface area contributed by atoms with Crippen molar-refractivity contribution >= 4 is 17.2 Å². The van der Waals surface area contributed by atoms with Gasteiger partial charge in [-0.15, -0.1) is 11.3 Å². The molecule has 2 N–H and O–H groups in total. The van der Waals surface area contributed by atoms with Crippen LogP contribution in [0, 0.1) is 0 Å². The van der Waals surface area contributed by atoms with Crippen molar-refractivity contribution in [2.75, 3.05) is 5.32 Å². The molecule has 4 rings (SSSR count). The molecule has 0 radical (unpaired) electrons. The highest BCUT2D eigenvalue weighted by Crippen LogP contribution is 2.27. The number of benzene rings is 1. The number of aromatic nitrogens is 3. The quantitative estimate of drug-likeness (QED) is 0.508. The summed E-state index contributed by atoms with van der Waals surface area (Å²) in [6.45, 7) is 1.28. The second kappa shape index (κ2) is 8.16. The van der Waals surface area contributed by atoms with E-state index in [1.807, 2.05) is 41.1 Å². The van der Waals surface area contributed by atoms with Gasteiger partial charge in [0.2, 0.25) is 0 Å². The van der Waals surface area contributed by atoms with Gasteiger partial charge in [0.25, 0.3) is 0 Å². The predicted molar refractivity (Wildman–Crippen MR) is 109 cm³/mol. The highest BCUT2D eigenvalue weighted by atomic mass is 32.1. The number of aliphatic hydroxyl groups is 1. The zero-order chi connectivity index (χ0) is 18.5. The maximum absolute atomic E-state index is 9.26. The largest absolute Gasteiger partial charge is 0.390 e. The molecule has 0 aliphatic carbocycles. The second-order valence-corrected chi connectivity index (χ2v) is 7.14. The SMILES string of the molecule is OCc1cccc(NCc2cn(Cc3ccccc3)nc2-c2cccs2)n1. The summed E-state index contributed by atoms with van der Waals surface area (Å²) in [5.74, 6) is 0.745. The van der Waals surface area contributed by atoms with Gasteiger partial charge in [-0.25, -0.2) is 4.98 Å². The van der Waals surface area contributed by atoms with Crippen molar-refractivity contribution in [1.29, 1.82) is 0 Å². The van der Waals surface area contributed by atoms with E-state index in [4.69, 9.17) is 5.10 Å². The number of thiophene rings is 1. The lowest BCUT2D eigenvalue weighted by Gasteiger charge is -2.06. The monoisotopic (exact) mass is 376 g/mol. The second-order valence-electron chi connectivity index (χ2n) is 6.19. The Morgan fingerprint density at radius 1 is 1.00 bits per heavy atom. The molecule has 0 saturated carbocycles. The van der Waals surface area contributed by atoms with Crippen molar-refractivity contribution in [3.05, 3.63) is 89.1 Å². The number of rotatable bonds is 7. The Kier molecular flexibility index (Phi) is 5.27. The van der Waals surface area contributed by atoms with Gasteiger partial charge in [0.05, 0.1) is 23.7 Å². The zero-order valence-corrected chi connectivity index (χ0v) is 15.6. The molecule has 0 atom stereocenters. The van der Waals surface area contributed by atoms with Gasteiger partial charge in [-0.3, -0.25) is 4.68 Å². The lowest BCUT2D eigenvalue weighted by atomic mass is 10.2. The van der Waals surface area contributed by atoms with Crippen LogP contribution in [0.1, 0.15) is 16.8 Å². The van der Waals surface area contributed by atoms with Crippen LogP contribution in [0.5, 0.6) is 0 Å². The van der Waals surface area contributed by atoms with E-state index in [-0.39, 0.29) is 6.61 Å². The van der Waals surface area contributed by atoms with Crippen molar-refractivity contribution in [2.45, 2.75) is 19.7 Å². The maximum atomic E-state index is 9.26. The summed E-state index contributed by atoms with van der Waals surface area (Å²) in [4.78, 5) is 5.54. The Bertz CT molecular complexity index is 996. The molecule has 136 valence electrons. The summed E-state index contributed by atoms with van der Waals surface area (Å²) in [5.41, 5.74) is 3.98. The Hall–Kier alpha value is -2.96. The molecule has 0 aliphatic rings. The molecule has 0 fully saturated rings. The molecule has 27 heavy (non-hydrogen) atoms. The fourth-order valence-corrected chi connectivity index (χ4v) is 3.66. The average molecular weight is 376 g/mol. The topological polar surface area (TPSA) is 63.0 Å². The molecule has 1 aromatic carbocycles. The lowest BCUT2D eigenvalue weighted by Crippen LogP contribution is -2.03. The molecule has 0 amide bonds. The van der Waals surface area contributed by atoms with Crippen LogP contribution in [0.15, 0.2) is 72.2 Å². The van der Waals surface area contributed by atoms with Crippen LogP contribution in [0.4, 0.5) is 5.82 Å². The normalized spacial score (nSPS) is 10.9. The van der Waals surface area contributed by atoms with Gasteiger partial charge in [-0.2, -0.15) is 5.10 Å². The molecule has 0 spiro atoms. The van der Waals surface area contributed by atoms with Crippen LogP contribution in [-0.2, 0) is 19.7 Å². The maximum Gasteiger partial charge on any atom is 0.126 e. The number of nitrogens with one attached hydrogen (secondary N) is 1. The molecule has 3 heterocycles. The number of pyridine rings is 1. The van der Waals surface area contributed by atoms with Crippen LogP contribution in [0.3, 0.4) is 0 Å². The van der Waals surface area contributed by atoms with Crippen molar-refractivity contribution in [3.8, 4) is 10.6 Å². The first-order valence-corrected chi connectivity index (χ1v) is 9.64. The van der Waals surface area contributed by atoms with E-state index >= 15 is 0 Å². The molecule has 0 unspecified atom stereocenters. The minimum absolute atomic E-state index is 0.0645. The van der Waals surface area contributed by atoms with Crippen molar-refractivity contribution < 1.29 is 5.11 Å². The van der Waals surface area contributed by atoms with Gasteiger partial charge in [0, 0.05) is 18.3 Å². The third kappa shape index (κ3) is 4.24. The number of hydrogen-bond donors (Lipinski definition) is 2. The van der Waals surface area contributed by atoms with Crippen LogP contribution < -0.4 is 5.32 Å². The van der Waals surface area contributed by atoms with E-state index < -0.39 is 0 Å². The molecule has 0 aliphatic heterocycles. The van der Waals surface area contributed by atoms with Crippen LogP contribution in [-0.4, -0.2) is 19.9 Å². The molecule has 5 nitrogen and oxygen atoms in total. The fraction of sp³-hybridized carbons (Fsp3) is 0.143. The van der Waals surface area contributed by atoms with Gasteiger partial charge >= 0.3 is 0 Å². The summed E-state index contributed by atoms with van der Waals surface area (Å²) in [7, 11) is 0. The minimum atomic E-state index is -0.0645. The first-order valence-electron chi connectivity index (χ1n) is 8.76. The number of anilines is 1. The van der Waals surface area contributed by atoms with Crippen molar-refractivity contribution in [2.24, 2.45) is 0 Å². The first-order chi connectivity index (χ1) is 13.3. The summed E-state index contributed by atoms with van der Waals surface area (Å²) in [5, 5.41) is 19.5. The molecule has 3 aromatic heterocycles. The lowest BCUT2D eigenvalue weighted by molar-refractivity contribution is 0.277. The van der Waals surface area contributed by atoms with Crippen molar-refractivity contribution in [1.82, 2.24) is 14.8 Å². The van der Waals surface area contributed by atoms with Gasteiger partial charge in [-0.05, 0) is 29.1 Å². The highest BCUT2D eigenvalue weighted by Gasteiger charge is 2.13. The van der Waals surface area contributed by atoms with E-state index in [0.29, 0.717) is 12.2 Å². The third-order valence-corrected chi connectivity index (χ3v) is 5.08. The Balaban J connectivity index is 1.58. The van der Waals surface area contributed by atoms with Gasteiger partial charge in [0.15, 0.2) is 0 Å². The van der Waals surface area contributed by atoms with E-state index in [0.717, 1.165) is 28.5 Å². The van der Waals surface area contributed by atoms with Crippen LogP contribution in [0.2, 0.25) is 0 Å². The first kappa shape index (κ1) is 17.5. The number of nitrogens with zero attached hydrogens (tertiary/aromatic N) is 3. The van der Waals surface area contributed by atoms with Gasteiger partial charge in [0.1, 0.15) is 11.5 Å². The van der Waals surface area contributed by atoms with E-state index in [1.54, 1.807) is 17.4 Å². The van der Waals surface area contributed by atoms with Crippen LogP contribution >= 0.6 is 11.3 Å². The van der Waals surface area contributed by atoms with Gasteiger partial charge < -0.3 is 10.4 Å². The van der Waals surface area contributed by atoms with E-state index in [2.05, 4.69) is 40.1 Å². The fourth-order valence-electron chi connectivity index (χ4n) is 2.92. The molecule has 0 bridgehead atoms. The summed E-state index contributed by atoms with van der Waals surface area (Å²) < 4.78 is 1.99. The predicted octanol–water partition coefficient (Wildman–Crippen LogP) is 4.16. The zero-order valence-electron chi connectivity index (χ0n) is 14.7. The Labute approximate surface area is 162 Å². The van der Waals surface area contributed by atoms with Crippen LogP contribution in [0.25, 0.3) is 10.6 Å². The number of hydrogen-bond acceptors (Lipinski definition) is 5. The standard InChI is InChI=1S/C21H20N4OS/c26-15-18-8-4-10-20(23-18)22-12-17-14-25(13-16-6-2-1-3-7-16)24-21(17)19-9-5-11-27-19/h1-11,14,26H,12-13,15H2,(H,22,23). The smallest absolute Gasteiger partial charge is 0.126 e. The van der Waals surface area contributed by atoms with Crippen molar-refractivity contribution in [3.63, 3.8) is 0 Å². The Morgan fingerprint density at radius 3 is 2.67 bits per heavy atom. The summed E-state index contributed by atoms with van der Waals surface area (Å²) in [6, 6.07) is 20.0. The number of aliphatic hydroxyl groups excluding tert-OH is 1. The molecular formula is C21H20N4OS. The molecule has 4 aromatic rings. The molecule has 6 heteroatoms. The highest BCUT2D eigenvalue weighted by molar-refractivity contribution is 7.13. The third-order valence-electron chi connectivity index (χ3n) is 4.21. The van der Waals surface area contributed by atoms with Gasteiger partial charge in [-0.1, -0.05) is 42.5 Å². The average Bonchev–Trinajstić information content (AvgIpc) is 3.37.